The number of ether oxygens (including phenoxy) is 2. The summed E-state index contributed by atoms with van der Waals surface area (Å²) >= 11 is 3.59. The number of rotatable bonds is 7. The molecule has 114 valence electrons. The zero-order valence-corrected chi connectivity index (χ0v) is 14.0. The molecule has 1 aliphatic carbocycles. The third kappa shape index (κ3) is 3.37. The molecule has 0 saturated heterocycles. The summed E-state index contributed by atoms with van der Waals surface area (Å²) in [5.74, 6) is 1.59. The van der Waals surface area contributed by atoms with Crippen LogP contribution in [0, 0.1) is 5.92 Å². The first-order chi connectivity index (χ1) is 10.2. The summed E-state index contributed by atoms with van der Waals surface area (Å²) in [6.45, 7) is 3.62. The zero-order valence-electron chi connectivity index (χ0n) is 12.4. The number of hydrogen-bond donors (Lipinski definition) is 0. The normalized spacial score (nSPS) is 16.3. The lowest BCUT2D eigenvalue weighted by atomic mass is 10.2. The van der Waals surface area contributed by atoms with Gasteiger partial charge in [0.1, 0.15) is 11.3 Å². The van der Waals surface area contributed by atoms with Gasteiger partial charge in [-0.05, 0) is 53.7 Å². The minimum Gasteiger partial charge on any atom is -0.492 e. The van der Waals surface area contributed by atoms with Crippen molar-refractivity contribution in [3.8, 4) is 5.75 Å². The van der Waals surface area contributed by atoms with Crippen molar-refractivity contribution >= 4 is 27.0 Å². The predicted molar refractivity (Wildman–Crippen MR) is 84.5 cm³/mol. The van der Waals surface area contributed by atoms with E-state index < -0.39 is 0 Å². The van der Waals surface area contributed by atoms with E-state index in [4.69, 9.17) is 9.47 Å². The molecular formula is C15H20BrN3O2. The van der Waals surface area contributed by atoms with E-state index in [0.29, 0.717) is 6.61 Å². The highest BCUT2D eigenvalue weighted by molar-refractivity contribution is 9.10. The van der Waals surface area contributed by atoms with Crippen molar-refractivity contribution in [3.05, 3.63) is 16.6 Å². The summed E-state index contributed by atoms with van der Waals surface area (Å²) < 4.78 is 13.9. The summed E-state index contributed by atoms with van der Waals surface area (Å²) in [4.78, 5) is 0. The number of fused-ring (bicyclic) bond motifs is 1. The number of halogens is 1. The first-order valence-corrected chi connectivity index (χ1v) is 8.15. The van der Waals surface area contributed by atoms with Crippen molar-refractivity contribution in [2.45, 2.75) is 38.8 Å². The van der Waals surface area contributed by atoms with E-state index in [1.165, 1.54) is 12.8 Å². The van der Waals surface area contributed by atoms with E-state index >= 15 is 0 Å². The molecule has 0 radical (unpaired) electrons. The third-order valence-electron chi connectivity index (χ3n) is 3.90. The Hall–Kier alpha value is -1.14. The van der Waals surface area contributed by atoms with Crippen molar-refractivity contribution in [1.82, 2.24) is 15.0 Å². The molecule has 1 atom stereocenters. The molecule has 1 aromatic heterocycles. The Morgan fingerprint density at radius 2 is 2.24 bits per heavy atom. The molecule has 6 heteroatoms. The Morgan fingerprint density at radius 1 is 1.43 bits per heavy atom. The minimum atomic E-state index is 0.201. The maximum absolute atomic E-state index is 5.82. The van der Waals surface area contributed by atoms with E-state index in [0.717, 1.165) is 40.1 Å². The first-order valence-electron chi connectivity index (χ1n) is 7.36. The largest absolute Gasteiger partial charge is 0.492 e. The van der Waals surface area contributed by atoms with Gasteiger partial charge in [-0.15, -0.1) is 5.10 Å². The van der Waals surface area contributed by atoms with Gasteiger partial charge in [0.15, 0.2) is 0 Å². The smallest absolute Gasteiger partial charge is 0.135 e. The fourth-order valence-electron chi connectivity index (χ4n) is 2.23. The van der Waals surface area contributed by atoms with E-state index in [1.54, 1.807) is 7.11 Å². The molecule has 21 heavy (non-hydrogen) atoms. The molecule has 1 fully saturated rings. The van der Waals surface area contributed by atoms with Gasteiger partial charge in [0.25, 0.3) is 0 Å². The maximum atomic E-state index is 5.82. The van der Waals surface area contributed by atoms with Gasteiger partial charge in [0.05, 0.1) is 22.7 Å². The fourth-order valence-corrected chi connectivity index (χ4v) is 2.76. The Bertz CT molecular complexity index is 625. The molecule has 3 rings (SSSR count). The maximum Gasteiger partial charge on any atom is 0.135 e. The van der Waals surface area contributed by atoms with Gasteiger partial charge in [-0.3, -0.25) is 0 Å². The number of nitrogens with zero attached hydrogens (tertiary/aromatic N) is 3. The van der Waals surface area contributed by atoms with Crippen LogP contribution in [0.5, 0.6) is 5.75 Å². The molecule has 0 N–H and O–H groups in total. The summed E-state index contributed by atoms with van der Waals surface area (Å²) in [6, 6.07) is 4.02. The van der Waals surface area contributed by atoms with Crippen LogP contribution >= 0.6 is 15.9 Å². The van der Waals surface area contributed by atoms with E-state index in [9.17, 15) is 0 Å². The van der Waals surface area contributed by atoms with Gasteiger partial charge in [-0.1, -0.05) is 5.21 Å². The van der Waals surface area contributed by atoms with Gasteiger partial charge in [-0.25, -0.2) is 4.68 Å². The van der Waals surface area contributed by atoms with Crippen LogP contribution in [0.4, 0.5) is 0 Å². The highest BCUT2D eigenvalue weighted by atomic mass is 79.9. The molecule has 2 aromatic rings. The highest BCUT2D eigenvalue weighted by Crippen LogP contribution is 2.34. The summed E-state index contributed by atoms with van der Waals surface area (Å²) in [5.41, 5.74) is 1.93. The van der Waals surface area contributed by atoms with Gasteiger partial charge in [0.2, 0.25) is 0 Å². The molecule has 1 aliphatic rings. The van der Waals surface area contributed by atoms with Gasteiger partial charge in [-0.2, -0.15) is 0 Å². The Labute approximate surface area is 132 Å². The van der Waals surface area contributed by atoms with Crippen LogP contribution in [0.15, 0.2) is 16.6 Å². The third-order valence-corrected chi connectivity index (χ3v) is 4.67. The SMILES string of the molecule is CO[C@@H](C)CCOc1ccc2c(nnn2CC2CC2)c1Br. The molecular weight excluding hydrogens is 334 g/mol. The van der Waals surface area contributed by atoms with Crippen molar-refractivity contribution in [1.29, 1.82) is 0 Å². The molecule has 1 saturated carbocycles. The number of aromatic nitrogens is 3. The topological polar surface area (TPSA) is 49.2 Å². The van der Waals surface area contributed by atoms with Crippen molar-refractivity contribution in [3.63, 3.8) is 0 Å². The Balaban J connectivity index is 1.73. The quantitative estimate of drug-likeness (QED) is 0.765. The van der Waals surface area contributed by atoms with E-state index in [-0.39, 0.29) is 6.10 Å². The summed E-state index contributed by atoms with van der Waals surface area (Å²) in [7, 11) is 1.71. The monoisotopic (exact) mass is 353 g/mol. The van der Waals surface area contributed by atoms with Gasteiger partial charge < -0.3 is 9.47 Å². The standard InChI is InChI=1S/C15H20BrN3O2/c1-10(20-2)7-8-21-13-6-5-12-15(14(13)16)17-18-19(12)9-11-3-4-11/h5-6,10-11H,3-4,7-9H2,1-2H3/t10-/m0/s1. The van der Waals surface area contributed by atoms with Crippen LogP contribution in [0.2, 0.25) is 0 Å². The van der Waals surface area contributed by atoms with Crippen molar-refractivity contribution in [2.75, 3.05) is 13.7 Å². The average molecular weight is 354 g/mol. The lowest BCUT2D eigenvalue weighted by Gasteiger charge is -2.12. The fraction of sp³-hybridized carbons (Fsp3) is 0.600. The van der Waals surface area contributed by atoms with Crippen LogP contribution in [0.3, 0.4) is 0 Å². The number of hydrogen-bond acceptors (Lipinski definition) is 4. The van der Waals surface area contributed by atoms with Crippen LogP contribution < -0.4 is 4.74 Å². The lowest BCUT2D eigenvalue weighted by molar-refractivity contribution is 0.0955. The van der Waals surface area contributed by atoms with Crippen LogP contribution in [-0.2, 0) is 11.3 Å². The summed E-state index contributed by atoms with van der Waals surface area (Å²) in [6.07, 6.45) is 3.67. The second-order valence-corrected chi connectivity index (χ2v) is 6.44. The molecule has 0 unspecified atom stereocenters. The molecule has 1 heterocycles. The molecule has 1 aromatic carbocycles. The predicted octanol–water partition coefficient (Wildman–Crippen LogP) is 3.41. The van der Waals surface area contributed by atoms with Gasteiger partial charge >= 0.3 is 0 Å². The second kappa shape index (κ2) is 6.32. The molecule has 0 spiro atoms. The van der Waals surface area contributed by atoms with Crippen LogP contribution in [0.1, 0.15) is 26.2 Å². The number of benzene rings is 1. The summed E-state index contributed by atoms with van der Waals surface area (Å²) in [5, 5.41) is 8.54. The highest BCUT2D eigenvalue weighted by Gasteiger charge is 2.23. The average Bonchev–Trinajstić information content (AvgIpc) is 3.21. The Kier molecular flexibility index (Phi) is 4.45. The van der Waals surface area contributed by atoms with Gasteiger partial charge in [0, 0.05) is 20.1 Å². The van der Waals surface area contributed by atoms with Crippen LogP contribution in [-0.4, -0.2) is 34.8 Å². The molecule has 0 amide bonds. The molecule has 5 nitrogen and oxygen atoms in total. The Morgan fingerprint density at radius 3 is 2.95 bits per heavy atom. The first kappa shape index (κ1) is 14.8. The van der Waals surface area contributed by atoms with Crippen molar-refractivity contribution < 1.29 is 9.47 Å². The van der Waals surface area contributed by atoms with Crippen molar-refractivity contribution in [2.24, 2.45) is 5.92 Å². The number of methoxy groups -OCH3 is 1. The molecule has 0 aliphatic heterocycles. The zero-order chi connectivity index (χ0) is 14.8. The minimum absolute atomic E-state index is 0.201. The second-order valence-electron chi connectivity index (χ2n) is 5.64. The molecule has 0 bridgehead atoms. The lowest BCUT2D eigenvalue weighted by Crippen LogP contribution is -2.10. The van der Waals surface area contributed by atoms with E-state index in [1.807, 2.05) is 23.7 Å². The van der Waals surface area contributed by atoms with Crippen LogP contribution in [0.25, 0.3) is 11.0 Å². The van der Waals surface area contributed by atoms with E-state index in [2.05, 4.69) is 26.2 Å².